The van der Waals surface area contributed by atoms with Gasteiger partial charge in [0.2, 0.25) is 0 Å². The molecule has 1 atom stereocenters. The largest absolute Gasteiger partial charge is 0.494 e. The van der Waals surface area contributed by atoms with Crippen LogP contribution in [0.5, 0.6) is 5.75 Å². The topological polar surface area (TPSA) is 9.23 Å². The molecule has 0 saturated heterocycles. The van der Waals surface area contributed by atoms with Crippen LogP contribution in [0.3, 0.4) is 0 Å². The van der Waals surface area contributed by atoms with E-state index in [0.29, 0.717) is 10.0 Å². The fourth-order valence-electron chi connectivity index (χ4n) is 2.01. The number of rotatable bonds is 6. The van der Waals surface area contributed by atoms with Gasteiger partial charge in [-0.05, 0) is 48.2 Å². The van der Waals surface area contributed by atoms with Gasteiger partial charge in [-0.25, -0.2) is 0 Å². The van der Waals surface area contributed by atoms with Crippen molar-refractivity contribution in [2.75, 3.05) is 6.61 Å². The highest BCUT2D eigenvalue weighted by molar-refractivity contribution is 9.09. The van der Waals surface area contributed by atoms with Crippen LogP contribution in [0.25, 0.3) is 0 Å². The van der Waals surface area contributed by atoms with Crippen LogP contribution in [-0.4, -0.2) is 6.61 Å². The third-order valence-electron chi connectivity index (χ3n) is 3.09. The molecule has 0 amide bonds. The highest BCUT2D eigenvalue weighted by atomic mass is 79.9. The fraction of sp³-hybridized carbons (Fsp3) is 0.294. The molecule has 0 heterocycles. The van der Waals surface area contributed by atoms with E-state index >= 15 is 0 Å². The Morgan fingerprint density at radius 1 is 1.10 bits per heavy atom. The molecule has 0 spiro atoms. The molecule has 1 nitrogen and oxygen atoms in total. The van der Waals surface area contributed by atoms with Crippen LogP contribution in [0.1, 0.15) is 29.3 Å². The van der Waals surface area contributed by atoms with Crippen molar-refractivity contribution in [3.05, 3.63) is 63.6 Å². The van der Waals surface area contributed by atoms with Gasteiger partial charge in [-0.15, -0.1) is 0 Å². The minimum atomic E-state index is 0.208. The Hall–Kier alpha value is -0.700. The second kappa shape index (κ2) is 8.07. The fourth-order valence-corrected chi connectivity index (χ4v) is 2.99. The van der Waals surface area contributed by atoms with Gasteiger partial charge in [0.05, 0.1) is 16.7 Å². The number of benzene rings is 2. The SMILES string of the molecule is CCCOc1cccc(C(Br)Cc2ccc(Cl)c(Cl)c2)c1. The molecule has 0 aliphatic rings. The van der Waals surface area contributed by atoms with Crippen molar-refractivity contribution >= 4 is 39.1 Å². The molecular weight excluding hydrogens is 371 g/mol. The Balaban J connectivity index is 2.08. The average molecular weight is 388 g/mol. The third kappa shape index (κ3) is 4.91. The van der Waals surface area contributed by atoms with Crippen LogP contribution in [0, 0.1) is 0 Å². The Labute approximate surface area is 144 Å². The minimum absolute atomic E-state index is 0.208. The van der Waals surface area contributed by atoms with Crippen molar-refractivity contribution < 1.29 is 4.74 Å². The van der Waals surface area contributed by atoms with E-state index < -0.39 is 0 Å². The first-order valence-electron chi connectivity index (χ1n) is 6.91. The lowest BCUT2D eigenvalue weighted by atomic mass is 10.0. The normalized spacial score (nSPS) is 12.2. The first-order valence-corrected chi connectivity index (χ1v) is 8.58. The summed E-state index contributed by atoms with van der Waals surface area (Å²) in [5.41, 5.74) is 2.33. The van der Waals surface area contributed by atoms with Crippen LogP contribution < -0.4 is 4.74 Å². The summed E-state index contributed by atoms with van der Waals surface area (Å²) in [7, 11) is 0. The Bertz CT molecular complexity index is 601. The standard InChI is InChI=1S/C17H17BrCl2O/c1-2-8-21-14-5-3-4-13(11-14)15(18)9-12-6-7-16(19)17(20)10-12/h3-7,10-11,15H,2,8-9H2,1H3. The van der Waals surface area contributed by atoms with Gasteiger partial charge < -0.3 is 4.74 Å². The van der Waals surface area contributed by atoms with Gasteiger partial charge in [0.1, 0.15) is 5.75 Å². The van der Waals surface area contributed by atoms with Gasteiger partial charge in [-0.3, -0.25) is 0 Å². The first-order chi connectivity index (χ1) is 10.1. The van der Waals surface area contributed by atoms with Crippen molar-refractivity contribution in [1.82, 2.24) is 0 Å². The van der Waals surface area contributed by atoms with E-state index in [-0.39, 0.29) is 4.83 Å². The smallest absolute Gasteiger partial charge is 0.119 e. The minimum Gasteiger partial charge on any atom is -0.494 e. The van der Waals surface area contributed by atoms with E-state index in [4.69, 9.17) is 27.9 Å². The zero-order chi connectivity index (χ0) is 15.2. The third-order valence-corrected chi connectivity index (χ3v) is 4.68. The molecule has 0 aliphatic heterocycles. The molecule has 0 N–H and O–H groups in total. The quantitative estimate of drug-likeness (QED) is 0.516. The Morgan fingerprint density at radius 2 is 1.90 bits per heavy atom. The summed E-state index contributed by atoms with van der Waals surface area (Å²) in [5, 5.41) is 1.18. The molecule has 2 aromatic rings. The van der Waals surface area contributed by atoms with Crippen LogP contribution in [-0.2, 0) is 6.42 Å². The maximum atomic E-state index is 6.06. The zero-order valence-electron chi connectivity index (χ0n) is 11.8. The molecule has 4 heteroatoms. The molecule has 2 rings (SSSR count). The van der Waals surface area contributed by atoms with Crippen molar-refractivity contribution in [3.8, 4) is 5.75 Å². The van der Waals surface area contributed by atoms with Gasteiger partial charge in [-0.2, -0.15) is 0 Å². The molecule has 21 heavy (non-hydrogen) atoms. The lowest BCUT2D eigenvalue weighted by Crippen LogP contribution is -1.98. The van der Waals surface area contributed by atoms with Gasteiger partial charge in [-0.1, -0.05) is 64.3 Å². The summed E-state index contributed by atoms with van der Waals surface area (Å²) in [6, 6.07) is 13.9. The maximum Gasteiger partial charge on any atom is 0.119 e. The van der Waals surface area contributed by atoms with E-state index in [0.717, 1.165) is 30.8 Å². The van der Waals surface area contributed by atoms with Gasteiger partial charge in [0.15, 0.2) is 0 Å². The average Bonchev–Trinajstić information content (AvgIpc) is 2.49. The maximum absolute atomic E-state index is 6.06. The molecule has 0 aromatic heterocycles. The molecule has 0 fully saturated rings. The van der Waals surface area contributed by atoms with Crippen molar-refractivity contribution in [1.29, 1.82) is 0 Å². The van der Waals surface area contributed by atoms with Crippen LogP contribution in [0.15, 0.2) is 42.5 Å². The van der Waals surface area contributed by atoms with E-state index in [9.17, 15) is 0 Å². The Kier molecular flexibility index (Phi) is 6.40. The summed E-state index contributed by atoms with van der Waals surface area (Å²) in [6.07, 6.45) is 1.85. The lowest BCUT2D eigenvalue weighted by molar-refractivity contribution is 0.317. The van der Waals surface area contributed by atoms with E-state index in [1.54, 1.807) is 0 Å². The number of ether oxygens (including phenoxy) is 1. The second-order valence-corrected chi connectivity index (χ2v) is 6.76. The monoisotopic (exact) mass is 386 g/mol. The molecule has 1 unspecified atom stereocenters. The molecule has 0 radical (unpaired) electrons. The summed E-state index contributed by atoms with van der Waals surface area (Å²) in [4.78, 5) is 0.208. The molecular formula is C17H17BrCl2O. The number of alkyl halides is 1. The lowest BCUT2D eigenvalue weighted by Gasteiger charge is -2.13. The first kappa shape index (κ1) is 16.7. The van der Waals surface area contributed by atoms with E-state index in [1.807, 2.05) is 30.3 Å². The van der Waals surface area contributed by atoms with Crippen LogP contribution in [0.2, 0.25) is 10.0 Å². The summed E-state index contributed by atoms with van der Waals surface area (Å²) in [5.74, 6) is 0.910. The number of halogens is 3. The summed E-state index contributed by atoms with van der Waals surface area (Å²) in [6.45, 7) is 2.84. The number of hydrogen-bond acceptors (Lipinski definition) is 1. The molecule has 0 aliphatic carbocycles. The summed E-state index contributed by atoms with van der Waals surface area (Å²) >= 11 is 15.7. The second-order valence-electron chi connectivity index (χ2n) is 4.84. The highest BCUT2D eigenvalue weighted by Gasteiger charge is 2.10. The van der Waals surface area contributed by atoms with Crippen molar-refractivity contribution in [2.45, 2.75) is 24.6 Å². The molecule has 2 aromatic carbocycles. The van der Waals surface area contributed by atoms with Gasteiger partial charge in [0.25, 0.3) is 0 Å². The molecule has 0 bridgehead atoms. The van der Waals surface area contributed by atoms with Crippen molar-refractivity contribution in [3.63, 3.8) is 0 Å². The predicted molar refractivity (Wildman–Crippen MR) is 94.1 cm³/mol. The summed E-state index contributed by atoms with van der Waals surface area (Å²) < 4.78 is 5.67. The predicted octanol–water partition coefficient (Wildman–Crippen LogP) is 6.46. The van der Waals surface area contributed by atoms with Gasteiger partial charge >= 0.3 is 0 Å². The Morgan fingerprint density at radius 3 is 2.62 bits per heavy atom. The van der Waals surface area contributed by atoms with Crippen molar-refractivity contribution in [2.24, 2.45) is 0 Å². The highest BCUT2D eigenvalue weighted by Crippen LogP contribution is 2.31. The molecule has 112 valence electrons. The van der Waals surface area contributed by atoms with Crippen LogP contribution in [0.4, 0.5) is 0 Å². The number of hydrogen-bond donors (Lipinski definition) is 0. The van der Waals surface area contributed by atoms with Gasteiger partial charge in [0, 0.05) is 4.83 Å². The molecule has 0 saturated carbocycles. The zero-order valence-corrected chi connectivity index (χ0v) is 14.9. The van der Waals surface area contributed by atoms with E-state index in [1.165, 1.54) is 5.56 Å². The van der Waals surface area contributed by atoms with Crippen LogP contribution >= 0.6 is 39.1 Å². The van der Waals surface area contributed by atoms with E-state index in [2.05, 4.69) is 35.0 Å².